The summed E-state index contributed by atoms with van der Waals surface area (Å²) in [6.07, 6.45) is -4.30. The lowest BCUT2D eigenvalue weighted by molar-refractivity contribution is -0.176. The van der Waals surface area contributed by atoms with E-state index in [2.05, 4.69) is 46.3 Å². The van der Waals surface area contributed by atoms with Crippen molar-refractivity contribution in [2.24, 2.45) is 10.9 Å². The maximum absolute atomic E-state index is 12.2. The van der Waals surface area contributed by atoms with E-state index in [4.69, 9.17) is 4.74 Å². The molecule has 1 heterocycles. The maximum Gasteiger partial charge on any atom is 0.411 e. The number of alkyl halides is 3. The summed E-state index contributed by atoms with van der Waals surface area (Å²) in [5, 5.41) is 6.74. The van der Waals surface area contributed by atoms with E-state index in [1.807, 2.05) is 12.1 Å². The summed E-state index contributed by atoms with van der Waals surface area (Å²) in [4.78, 5) is 9.22. The smallest absolute Gasteiger partial charge is 0.367 e. The third-order valence-corrected chi connectivity index (χ3v) is 5.50. The van der Waals surface area contributed by atoms with Gasteiger partial charge in [-0.1, -0.05) is 38.1 Å². The largest absolute Gasteiger partial charge is 0.411 e. The van der Waals surface area contributed by atoms with Crippen LogP contribution in [0.25, 0.3) is 0 Å². The Labute approximate surface area is 207 Å². The lowest BCUT2D eigenvalue weighted by Gasteiger charge is -2.40. The second-order valence-corrected chi connectivity index (χ2v) is 8.38. The van der Waals surface area contributed by atoms with Crippen LogP contribution < -0.4 is 10.6 Å². The van der Waals surface area contributed by atoms with E-state index in [-0.39, 0.29) is 30.6 Å². The van der Waals surface area contributed by atoms with Crippen LogP contribution in [0, 0.1) is 5.92 Å². The molecule has 10 heteroatoms. The van der Waals surface area contributed by atoms with Crippen molar-refractivity contribution >= 4 is 29.9 Å². The van der Waals surface area contributed by atoms with Crippen molar-refractivity contribution in [3.05, 3.63) is 35.4 Å². The molecule has 1 aromatic carbocycles. The van der Waals surface area contributed by atoms with Crippen LogP contribution in [0.2, 0.25) is 0 Å². The number of hydrogen-bond donors (Lipinski definition) is 2. The van der Waals surface area contributed by atoms with E-state index in [0.717, 1.165) is 44.2 Å². The molecule has 1 unspecified atom stereocenters. The molecule has 6 nitrogen and oxygen atoms in total. The second kappa shape index (κ2) is 14.2. The molecule has 1 aliphatic rings. The van der Waals surface area contributed by atoms with Gasteiger partial charge in [-0.2, -0.15) is 13.2 Å². The average Bonchev–Trinajstić information content (AvgIpc) is 2.71. The number of guanidine groups is 1. The summed E-state index contributed by atoms with van der Waals surface area (Å²) in [5.41, 5.74) is 1.73. The minimum Gasteiger partial charge on any atom is -0.367 e. The normalized spacial score (nSPS) is 17.2. The third-order valence-electron chi connectivity index (χ3n) is 5.50. The number of hydrogen-bond acceptors (Lipinski definition) is 4. The molecule has 2 rings (SSSR count). The Kier molecular flexibility index (Phi) is 12.8. The number of aliphatic imine (C=N–C) groups is 1. The molecule has 0 saturated carbocycles. The molecule has 0 aromatic heterocycles. The third kappa shape index (κ3) is 10.7. The molecule has 2 N–H and O–H groups in total. The number of halogens is 4. The van der Waals surface area contributed by atoms with Gasteiger partial charge in [0.05, 0.1) is 6.61 Å². The maximum atomic E-state index is 12.2. The van der Waals surface area contributed by atoms with E-state index in [1.54, 1.807) is 19.2 Å². The number of rotatable bonds is 9. The Morgan fingerprint density at radius 1 is 1.06 bits per heavy atom. The summed E-state index contributed by atoms with van der Waals surface area (Å²) in [5.74, 6) is 1.26. The van der Waals surface area contributed by atoms with Crippen molar-refractivity contribution in [1.29, 1.82) is 0 Å². The van der Waals surface area contributed by atoms with Gasteiger partial charge in [-0.05, 0) is 24.1 Å². The quantitative estimate of drug-likeness (QED) is 0.271. The van der Waals surface area contributed by atoms with Crippen LogP contribution >= 0.6 is 24.0 Å². The molecule has 1 aromatic rings. The van der Waals surface area contributed by atoms with Crippen molar-refractivity contribution < 1.29 is 17.9 Å². The van der Waals surface area contributed by atoms with Crippen LogP contribution in [-0.4, -0.2) is 81.4 Å². The number of likely N-dealkylation sites (N-methyl/N-ethyl adjacent to an activating group) is 1. The van der Waals surface area contributed by atoms with Gasteiger partial charge in [0, 0.05) is 52.4 Å². The number of ether oxygens (including phenoxy) is 1. The molecule has 32 heavy (non-hydrogen) atoms. The van der Waals surface area contributed by atoms with E-state index in [1.165, 1.54) is 0 Å². The predicted octanol–water partition coefficient (Wildman–Crippen LogP) is 3.32. The first kappa shape index (κ1) is 28.9. The fourth-order valence-corrected chi connectivity index (χ4v) is 3.59. The first-order valence-corrected chi connectivity index (χ1v) is 10.8. The summed E-state index contributed by atoms with van der Waals surface area (Å²) in [7, 11) is 3.91. The number of piperazine rings is 1. The summed E-state index contributed by atoms with van der Waals surface area (Å²) < 4.78 is 41.2. The molecule has 1 fully saturated rings. The van der Waals surface area contributed by atoms with Gasteiger partial charge in [-0.25, -0.2) is 0 Å². The minimum absolute atomic E-state index is 0. The highest BCUT2D eigenvalue weighted by Crippen LogP contribution is 2.16. The number of nitrogens with one attached hydrogen (secondary N) is 2. The molecule has 0 aliphatic carbocycles. The van der Waals surface area contributed by atoms with Gasteiger partial charge in [0.15, 0.2) is 5.96 Å². The zero-order valence-electron chi connectivity index (χ0n) is 19.4. The lowest BCUT2D eigenvalue weighted by atomic mass is 10.0. The molecule has 184 valence electrons. The van der Waals surface area contributed by atoms with Crippen molar-refractivity contribution in [3.63, 3.8) is 0 Å². The lowest BCUT2D eigenvalue weighted by Crippen LogP contribution is -2.55. The number of benzene rings is 1. The van der Waals surface area contributed by atoms with Crippen LogP contribution in [0.15, 0.2) is 29.3 Å². The molecule has 1 saturated heterocycles. The SMILES string of the molecule is CN=C(NCc1ccc(COCC(F)(F)F)cc1)NCC(C(C)C)N1CCN(C)CC1.I. The highest BCUT2D eigenvalue weighted by molar-refractivity contribution is 14.0. The van der Waals surface area contributed by atoms with Gasteiger partial charge in [-0.3, -0.25) is 9.89 Å². The van der Waals surface area contributed by atoms with Gasteiger partial charge in [-0.15, -0.1) is 24.0 Å². The first-order valence-electron chi connectivity index (χ1n) is 10.8. The molecule has 0 radical (unpaired) electrons. The van der Waals surface area contributed by atoms with Crippen molar-refractivity contribution in [1.82, 2.24) is 20.4 Å². The van der Waals surface area contributed by atoms with E-state index < -0.39 is 12.8 Å². The van der Waals surface area contributed by atoms with Gasteiger partial charge in [0.25, 0.3) is 0 Å². The van der Waals surface area contributed by atoms with Crippen LogP contribution in [0.4, 0.5) is 13.2 Å². The second-order valence-electron chi connectivity index (χ2n) is 8.38. The van der Waals surface area contributed by atoms with Crippen molar-refractivity contribution in [2.45, 2.75) is 39.2 Å². The molecule has 1 aliphatic heterocycles. The van der Waals surface area contributed by atoms with Gasteiger partial charge >= 0.3 is 6.18 Å². The van der Waals surface area contributed by atoms with E-state index >= 15 is 0 Å². The zero-order valence-corrected chi connectivity index (χ0v) is 21.7. The fraction of sp³-hybridized carbons (Fsp3) is 0.682. The summed E-state index contributed by atoms with van der Waals surface area (Å²) in [6.45, 7) is 8.94. The minimum atomic E-state index is -4.30. The highest BCUT2D eigenvalue weighted by Gasteiger charge is 2.27. The molecule has 0 amide bonds. The topological polar surface area (TPSA) is 52.1 Å². The standard InChI is InChI=1S/C22H36F3N5O.HI/c1-17(2)20(30-11-9-29(4)10-12-30)14-28-21(26-3)27-13-18-5-7-19(8-6-18)15-31-16-22(23,24)25;/h5-8,17,20H,9-16H2,1-4H3,(H2,26,27,28);1H. The Morgan fingerprint density at radius 3 is 2.19 bits per heavy atom. The summed E-state index contributed by atoms with van der Waals surface area (Å²) in [6, 6.07) is 7.77. The monoisotopic (exact) mass is 571 g/mol. The van der Waals surface area contributed by atoms with Crippen molar-refractivity contribution in [2.75, 3.05) is 53.4 Å². The van der Waals surface area contributed by atoms with E-state index in [0.29, 0.717) is 24.1 Å². The molecular weight excluding hydrogens is 534 g/mol. The Hall–Kier alpha value is -1.11. The van der Waals surface area contributed by atoms with Crippen LogP contribution in [-0.2, 0) is 17.9 Å². The van der Waals surface area contributed by atoms with E-state index in [9.17, 15) is 13.2 Å². The van der Waals surface area contributed by atoms with Crippen LogP contribution in [0.1, 0.15) is 25.0 Å². The number of nitrogens with zero attached hydrogens (tertiary/aromatic N) is 3. The Morgan fingerprint density at radius 2 is 1.66 bits per heavy atom. The van der Waals surface area contributed by atoms with Gasteiger partial charge in [0.1, 0.15) is 6.61 Å². The van der Waals surface area contributed by atoms with Gasteiger partial charge < -0.3 is 20.3 Å². The zero-order chi connectivity index (χ0) is 22.9. The highest BCUT2D eigenvalue weighted by atomic mass is 127. The molecule has 1 atom stereocenters. The average molecular weight is 571 g/mol. The first-order chi connectivity index (χ1) is 14.7. The fourth-order valence-electron chi connectivity index (χ4n) is 3.59. The van der Waals surface area contributed by atoms with Gasteiger partial charge in [0.2, 0.25) is 0 Å². The van der Waals surface area contributed by atoms with Crippen LogP contribution in [0.5, 0.6) is 0 Å². The van der Waals surface area contributed by atoms with Crippen molar-refractivity contribution in [3.8, 4) is 0 Å². The molecule has 0 spiro atoms. The molecule has 0 bridgehead atoms. The Bertz CT molecular complexity index is 677. The predicted molar refractivity (Wildman–Crippen MR) is 133 cm³/mol. The Balaban J connectivity index is 0.00000512. The summed E-state index contributed by atoms with van der Waals surface area (Å²) >= 11 is 0. The van der Waals surface area contributed by atoms with Crippen LogP contribution in [0.3, 0.4) is 0 Å². The molecular formula is C22H37F3IN5O.